The molecule has 2 rings (SSSR count). The number of aliphatic hydroxyl groups excluding tert-OH is 1. The van der Waals surface area contributed by atoms with Gasteiger partial charge in [-0.3, -0.25) is 9.48 Å². The molecule has 1 aromatic heterocycles. The summed E-state index contributed by atoms with van der Waals surface area (Å²) in [7, 11) is 0. The zero-order valence-electron chi connectivity index (χ0n) is 8.05. The molecule has 5 heteroatoms. The number of amides is 1. The van der Waals surface area contributed by atoms with Gasteiger partial charge in [0.05, 0.1) is 24.9 Å². The van der Waals surface area contributed by atoms with Crippen molar-refractivity contribution in [3.05, 3.63) is 18.0 Å². The Morgan fingerprint density at radius 1 is 1.71 bits per heavy atom. The fraction of sp³-hybridized carbons (Fsp3) is 0.556. The molecule has 0 aromatic carbocycles. The van der Waals surface area contributed by atoms with Crippen LogP contribution in [0.15, 0.2) is 12.3 Å². The second-order valence-electron chi connectivity index (χ2n) is 3.39. The molecule has 0 saturated heterocycles. The van der Waals surface area contributed by atoms with Gasteiger partial charge in [-0.05, 0) is 6.07 Å². The Morgan fingerprint density at radius 2 is 2.50 bits per heavy atom. The van der Waals surface area contributed by atoms with Gasteiger partial charge in [-0.25, -0.2) is 0 Å². The molecule has 1 aliphatic heterocycles. The monoisotopic (exact) mass is 195 g/mol. The van der Waals surface area contributed by atoms with Gasteiger partial charge in [-0.1, -0.05) is 0 Å². The summed E-state index contributed by atoms with van der Waals surface area (Å²) in [6, 6.07) is 1.61. The van der Waals surface area contributed by atoms with Crippen LogP contribution in [0.3, 0.4) is 0 Å². The lowest BCUT2D eigenvalue weighted by Crippen LogP contribution is -2.42. The number of fused-ring (bicyclic) bond motifs is 1. The zero-order valence-corrected chi connectivity index (χ0v) is 8.05. The predicted molar refractivity (Wildman–Crippen MR) is 49.4 cm³/mol. The molecular weight excluding hydrogens is 182 g/mol. The number of rotatable bonds is 1. The molecule has 0 spiro atoms. The third kappa shape index (κ3) is 1.29. The van der Waals surface area contributed by atoms with Gasteiger partial charge in [0, 0.05) is 19.7 Å². The van der Waals surface area contributed by atoms with Gasteiger partial charge < -0.3 is 10.0 Å². The molecule has 1 aliphatic rings. The Bertz CT molecular complexity index is 348. The van der Waals surface area contributed by atoms with Crippen LogP contribution in [-0.2, 0) is 11.3 Å². The standard InChI is InChI=1S/C9H13N3O2/c1-7(14)11-4-5-12-8(2-3-10-12)9(11)6-13/h2-3,9,13H,4-6H2,1H3. The van der Waals surface area contributed by atoms with E-state index in [2.05, 4.69) is 5.10 Å². The molecule has 0 aliphatic carbocycles. The lowest BCUT2D eigenvalue weighted by Gasteiger charge is -2.34. The quantitative estimate of drug-likeness (QED) is 0.674. The average Bonchev–Trinajstić information content (AvgIpc) is 2.63. The fourth-order valence-corrected chi connectivity index (χ4v) is 1.90. The Balaban J connectivity index is 2.34. The summed E-state index contributed by atoms with van der Waals surface area (Å²) in [6.07, 6.45) is 1.70. The first kappa shape index (κ1) is 9.21. The molecule has 0 radical (unpaired) electrons. The van der Waals surface area contributed by atoms with E-state index in [4.69, 9.17) is 0 Å². The minimum Gasteiger partial charge on any atom is -0.394 e. The highest BCUT2D eigenvalue weighted by molar-refractivity contribution is 5.73. The van der Waals surface area contributed by atoms with Gasteiger partial charge >= 0.3 is 0 Å². The second kappa shape index (κ2) is 3.42. The van der Waals surface area contributed by atoms with Crippen LogP contribution in [0.5, 0.6) is 0 Å². The van der Waals surface area contributed by atoms with E-state index in [-0.39, 0.29) is 18.6 Å². The number of nitrogens with zero attached hydrogens (tertiary/aromatic N) is 3. The first-order valence-electron chi connectivity index (χ1n) is 4.64. The highest BCUT2D eigenvalue weighted by Gasteiger charge is 2.28. The summed E-state index contributed by atoms with van der Waals surface area (Å²) in [5.41, 5.74) is 0.911. The number of hydrogen-bond donors (Lipinski definition) is 1. The van der Waals surface area contributed by atoms with Crippen LogP contribution >= 0.6 is 0 Å². The molecule has 14 heavy (non-hydrogen) atoms. The van der Waals surface area contributed by atoms with Crippen LogP contribution in [0, 0.1) is 0 Å². The Hall–Kier alpha value is -1.36. The Morgan fingerprint density at radius 3 is 3.14 bits per heavy atom. The van der Waals surface area contributed by atoms with E-state index < -0.39 is 0 Å². The van der Waals surface area contributed by atoms with E-state index in [1.165, 1.54) is 6.92 Å². The van der Waals surface area contributed by atoms with E-state index >= 15 is 0 Å². The minimum atomic E-state index is -0.233. The average molecular weight is 195 g/mol. The van der Waals surface area contributed by atoms with Crippen molar-refractivity contribution in [1.82, 2.24) is 14.7 Å². The number of aliphatic hydroxyl groups is 1. The number of aromatic nitrogens is 2. The maximum absolute atomic E-state index is 11.3. The lowest BCUT2D eigenvalue weighted by atomic mass is 10.1. The van der Waals surface area contributed by atoms with Crippen molar-refractivity contribution in [2.45, 2.75) is 19.5 Å². The Kier molecular flexibility index (Phi) is 2.25. The summed E-state index contributed by atoms with van der Waals surface area (Å²) in [5.74, 6) is -0.00324. The van der Waals surface area contributed by atoms with Crippen molar-refractivity contribution in [2.75, 3.05) is 13.2 Å². The molecule has 5 nitrogen and oxygen atoms in total. The second-order valence-corrected chi connectivity index (χ2v) is 3.39. The van der Waals surface area contributed by atoms with Crippen LogP contribution in [-0.4, -0.2) is 38.8 Å². The molecular formula is C9H13N3O2. The first-order chi connectivity index (χ1) is 6.74. The van der Waals surface area contributed by atoms with Crippen molar-refractivity contribution in [1.29, 1.82) is 0 Å². The molecule has 1 amide bonds. The first-order valence-corrected chi connectivity index (χ1v) is 4.64. The van der Waals surface area contributed by atoms with Crippen molar-refractivity contribution in [3.63, 3.8) is 0 Å². The molecule has 1 atom stereocenters. The smallest absolute Gasteiger partial charge is 0.220 e. The molecule has 1 aromatic rings. The highest BCUT2D eigenvalue weighted by Crippen LogP contribution is 2.23. The Labute approximate surface area is 81.9 Å². The highest BCUT2D eigenvalue weighted by atomic mass is 16.3. The summed E-state index contributed by atoms with van der Waals surface area (Å²) in [6.45, 7) is 2.80. The van der Waals surface area contributed by atoms with E-state index in [0.29, 0.717) is 13.1 Å². The van der Waals surface area contributed by atoms with Gasteiger partial charge in [0.15, 0.2) is 0 Å². The van der Waals surface area contributed by atoms with Gasteiger partial charge in [0.25, 0.3) is 0 Å². The molecule has 0 fully saturated rings. The van der Waals surface area contributed by atoms with Crippen LogP contribution in [0.25, 0.3) is 0 Å². The molecule has 1 unspecified atom stereocenters. The largest absolute Gasteiger partial charge is 0.394 e. The van der Waals surface area contributed by atoms with Crippen LogP contribution in [0.2, 0.25) is 0 Å². The number of carbonyl (C=O) groups excluding carboxylic acids is 1. The summed E-state index contributed by atoms with van der Waals surface area (Å²) in [5, 5.41) is 13.4. The van der Waals surface area contributed by atoms with Gasteiger partial charge in [-0.2, -0.15) is 5.10 Å². The zero-order chi connectivity index (χ0) is 10.1. The van der Waals surface area contributed by atoms with Crippen LogP contribution in [0.1, 0.15) is 18.7 Å². The lowest BCUT2D eigenvalue weighted by molar-refractivity contribution is -0.133. The van der Waals surface area contributed by atoms with Crippen LogP contribution < -0.4 is 0 Å². The van der Waals surface area contributed by atoms with E-state index in [1.807, 2.05) is 10.7 Å². The van der Waals surface area contributed by atoms with Gasteiger partial charge in [-0.15, -0.1) is 0 Å². The number of hydrogen-bond acceptors (Lipinski definition) is 3. The van der Waals surface area contributed by atoms with Crippen molar-refractivity contribution in [3.8, 4) is 0 Å². The molecule has 0 saturated carbocycles. The summed E-state index contributed by atoms with van der Waals surface area (Å²) in [4.78, 5) is 13.0. The topological polar surface area (TPSA) is 58.4 Å². The van der Waals surface area contributed by atoms with E-state index in [9.17, 15) is 9.90 Å². The minimum absolute atomic E-state index is 0.00324. The van der Waals surface area contributed by atoms with Crippen molar-refractivity contribution < 1.29 is 9.90 Å². The third-order valence-electron chi connectivity index (χ3n) is 2.60. The SMILES string of the molecule is CC(=O)N1CCn2nccc2C1CO. The summed E-state index contributed by atoms with van der Waals surface area (Å²) >= 11 is 0. The maximum atomic E-state index is 11.3. The third-order valence-corrected chi connectivity index (χ3v) is 2.60. The van der Waals surface area contributed by atoms with Gasteiger partial charge in [0.1, 0.15) is 0 Å². The molecule has 0 bridgehead atoms. The van der Waals surface area contributed by atoms with Crippen molar-refractivity contribution in [2.24, 2.45) is 0 Å². The van der Waals surface area contributed by atoms with E-state index in [1.54, 1.807) is 11.1 Å². The van der Waals surface area contributed by atoms with Crippen LogP contribution in [0.4, 0.5) is 0 Å². The summed E-state index contributed by atoms with van der Waals surface area (Å²) < 4.78 is 1.83. The normalized spacial score (nSPS) is 20.7. The maximum Gasteiger partial charge on any atom is 0.220 e. The van der Waals surface area contributed by atoms with E-state index in [0.717, 1.165) is 5.69 Å². The molecule has 76 valence electrons. The van der Waals surface area contributed by atoms with Gasteiger partial charge in [0.2, 0.25) is 5.91 Å². The molecule has 2 heterocycles. The van der Waals surface area contributed by atoms with Crippen molar-refractivity contribution >= 4 is 5.91 Å². The fourth-order valence-electron chi connectivity index (χ4n) is 1.90. The predicted octanol–water partition coefficient (Wildman–Crippen LogP) is -0.221. The molecule has 1 N–H and O–H groups in total. The number of carbonyl (C=O) groups is 1.